The first-order chi connectivity index (χ1) is 5.50. The third kappa shape index (κ3) is 2.52. The Morgan fingerprint density at radius 3 is 2.83 bits per heavy atom. The third-order valence-corrected chi connectivity index (χ3v) is 3.06. The minimum absolute atomic E-state index is 0.281. The molecule has 0 aliphatic carbocycles. The van der Waals surface area contributed by atoms with Crippen molar-refractivity contribution in [3.05, 3.63) is 16.6 Å². The van der Waals surface area contributed by atoms with E-state index < -0.39 is 10.2 Å². The van der Waals surface area contributed by atoms with Crippen molar-refractivity contribution in [3.8, 4) is 0 Å². The van der Waals surface area contributed by atoms with Crippen LogP contribution in [0.3, 0.4) is 0 Å². The molecule has 0 spiro atoms. The summed E-state index contributed by atoms with van der Waals surface area (Å²) in [5, 5.41) is 4.88. The quantitative estimate of drug-likeness (QED) is 0.744. The van der Waals surface area contributed by atoms with Crippen LogP contribution in [-0.2, 0) is 16.8 Å². The first-order valence-electron chi connectivity index (χ1n) is 3.11. The minimum Gasteiger partial charge on any atom is -0.253 e. The number of hydrogen-bond donors (Lipinski definition) is 1. The molecule has 0 bridgehead atoms. The molecule has 0 amide bonds. The summed E-state index contributed by atoms with van der Waals surface area (Å²) in [6, 6.07) is 0. The van der Waals surface area contributed by atoms with Gasteiger partial charge in [0.05, 0.1) is 12.1 Å². The zero-order valence-electron chi connectivity index (χ0n) is 6.47. The van der Waals surface area contributed by atoms with Crippen LogP contribution in [0.2, 0.25) is 0 Å². The summed E-state index contributed by atoms with van der Waals surface area (Å²) in [6.07, 6.45) is 1.62. The lowest BCUT2D eigenvalue weighted by molar-refractivity contribution is 0.470. The summed E-state index contributed by atoms with van der Waals surface area (Å²) >= 11 is 1.39. The second kappa shape index (κ2) is 3.48. The Balaban J connectivity index is 2.66. The van der Waals surface area contributed by atoms with Crippen LogP contribution in [0.4, 0.5) is 0 Å². The predicted molar refractivity (Wildman–Crippen MR) is 46.7 cm³/mol. The van der Waals surface area contributed by atoms with Gasteiger partial charge in [-0.3, -0.25) is 4.98 Å². The number of rotatable bonds is 3. The summed E-state index contributed by atoms with van der Waals surface area (Å²) in [6.45, 7) is 0.281. The van der Waals surface area contributed by atoms with Gasteiger partial charge in [0.2, 0.25) is 0 Å². The van der Waals surface area contributed by atoms with Crippen LogP contribution >= 0.6 is 11.3 Å². The van der Waals surface area contributed by atoms with Crippen molar-refractivity contribution in [1.82, 2.24) is 9.29 Å². The topological polar surface area (TPSA) is 76.3 Å². The lowest BCUT2D eigenvalue weighted by Crippen LogP contribution is -2.32. The van der Waals surface area contributed by atoms with Gasteiger partial charge >= 0.3 is 0 Å². The number of hydrogen-bond acceptors (Lipinski definition) is 4. The Morgan fingerprint density at radius 2 is 2.42 bits per heavy atom. The van der Waals surface area contributed by atoms with Crippen LogP contribution in [0.15, 0.2) is 11.7 Å². The Kier molecular flexibility index (Phi) is 2.78. The van der Waals surface area contributed by atoms with Gasteiger partial charge < -0.3 is 0 Å². The summed E-state index contributed by atoms with van der Waals surface area (Å²) < 4.78 is 22.6. The monoisotopic (exact) mass is 207 g/mol. The SMILES string of the molecule is CN(Cc1cncs1)S(N)(=O)=O. The fraction of sp³-hybridized carbons (Fsp3) is 0.400. The molecule has 0 unspecified atom stereocenters. The normalized spacial score (nSPS) is 12.2. The van der Waals surface area contributed by atoms with Gasteiger partial charge in [-0.2, -0.15) is 12.7 Å². The van der Waals surface area contributed by atoms with Crippen LogP contribution in [-0.4, -0.2) is 24.8 Å². The molecule has 68 valence electrons. The maximum Gasteiger partial charge on any atom is 0.276 e. The fourth-order valence-corrected chi connectivity index (χ4v) is 1.68. The lowest BCUT2D eigenvalue weighted by atomic mass is 10.5. The summed E-state index contributed by atoms with van der Waals surface area (Å²) in [5.41, 5.74) is 1.65. The van der Waals surface area contributed by atoms with Crippen molar-refractivity contribution in [2.24, 2.45) is 5.14 Å². The molecule has 7 heteroatoms. The highest BCUT2D eigenvalue weighted by Gasteiger charge is 2.11. The zero-order valence-corrected chi connectivity index (χ0v) is 8.10. The predicted octanol–water partition coefficient (Wildman–Crippen LogP) is -0.222. The third-order valence-electron chi connectivity index (χ3n) is 1.30. The Hall–Kier alpha value is -0.500. The largest absolute Gasteiger partial charge is 0.276 e. The van der Waals surface area contributed by atoms with Crippen molar-refractivity contribution in [3.63, 3.8) is 0 Å². The molecule has 0 fully saturated rings. The molecule has 1 aromatic heterocycles. The van der Waals surface area contributed by atoms with E-state index in [1.165, 1.54) is 18.4 Å². The minimum atomic E-state index is -3.57. The smallest absolute Gasteiger partial charge is 0.253 e. The molecule has 0 aliphatic heterocycles. The van der Waals surface area contributed by atoms with Crippen LogP contribution in [0.5, 0.6) is 0 Å². The van der Waals surface area contributed by atoms with Crippen molar-refractivity contribution in [2.75, 3.05) is 7.05 Å². The Bertz CT molecular complexity index is 332. The highest BCUT2D eigenvalue weighted by molar-refractivity contribution is 7.86. The molecule has 1 heterocycles. The van der Waals surface area contributed by atoms with Gasteiger partial charge in [0, 0.05) is 18.1 Å². The Labute approximate surface area is 75.0 Å². The second-order valence-electron chi connectivity index (χ2n) is 2.27. The van der Waals surface area contributed by atoms with Gasteiger partial charge in [-0.25, -0.2) is 5.14 Å². The molecule has 5 nitrogen and oxygen atoms in total. The molecule has 0 radical (unpaired) electrons. The van der Waals surface area contributed by atoms with Crippen molar-refractivity contribution < 1.29 is 8.42 Å². The number of thiazole rings is 1. The van der Waals surface area contributed by atoms with Gasteiger partial charge in [-0.15, -0.1) is 11.3 Å². The van der Waals surface area contributed by atoms with E-state index in [9.17, 15) is 8.42 Å². The van der Waals surface area contributed by atoms with E-state index >= 15 is 0 Å². The van der Waals surface area contributed by atoms with E-state index in [2.05, 4.69) is 4.98 Å². The molecule has 1 aromatic rings. The van der Waals surface area contributed by atoms with Gasteiger partial charge in [-0.05, 0) is 0 Å². The molecule has 1 rings (SSSR count). The fourth-order valence-electron chi connectivity index (χ4n) is 0.630. The first-order valence-corrected chi connectivity index (χ1v) is 5.50. The molecule has 12 heavy (non-hydrogen) atoms. The number of aromatic nitrogens is 1. The average Bonchev–Trinajstić information content (AvgIpc) is 2.37. The second-order valence-corrected chi connectivity index (χ2v) is 4.89. The van der Waals surface area contributed by atoms with E-state index in [0.29, 0.717) is 0 Å². The molecule has 0 atom stereocenters. The molecular weight excluding hydrogens is 198 g/mol. The van der Waals surface area contributed by atoms with Gasteiger partial charge in [0.15, 0.2) is 0 Å². The van der Waals surface area contributed by atoms with Crippen LogP contribution in [0.25, 0.3) is 0 Å². The molecule has 0 saturated heterocycles. The highest BCUT2D eigenvalue weighted by atomic mass is 32.2. The van der Waals surface area contributed by atoms with E-state index in [1.807, 2.05) is 0 Å². The van der Waals surface area contributed by atoms with Crippen molar-refractivity contribution in [2.45, 2.75) is 6.54 Å². The number of nitrogens with zero attached hydrogens (tertiary/aromatic N) is 2. The van der Waals surface area contributed by atoms with Crippen molar-refractivity contribution in [1.29, 1.82) is 0 Å². The lowest BCUT2D eigenvalue weighted by Gasteiger charge is -2.10. The first kappa shape index (κ1) is 9.59. The molecule has 0 aromatic carbocycles. The van der Waals surface area contributed by atoms with E-state index in [4.69, 9.17) is 5.14 Å². The van der Waals surface area contributed by atoms with Gasteiger partial charge in [-0.1, -0.05) is 0 Å². The molecular formula is C5H9N3O2S2. The zero-order chi connectivity index (χ0) is 9.19. The maximum atomic E-state index is 10.7. The van der Waals surface area contributed by atoms with Gasteiger partial charge in [0.1, 0.15) is 0 Å². The summed E-state index contributed by atoms with van der Waals surface area (Å²) in [5.74, 6) is 0. The standard InChI is InChI=1S/C5H9N3O2S2/c1-8(12(6,9)10)3-5-2-7-4-11-5/h2,4H,3H2,1H3,(H2,6,9,10). The van der Waals surface area contributed by atoms with Crippen LogP contribution < -0.4 is 5.14 Å². The Morgan fingerprint density at radius 1 is 1.75 bits per heavy atom. The maximum absolute atomic E-state index is 10.7. The molecule has 0 saturated carbocycles. The average molecular weight is 207 g/mol. The number of nitrogens with two attached hydrogens (primary N) is 1. The van der Waals surface area contributed by atoms with E-state index in [0.717, 1.165) is 9.18 Å². The summed E-state index contributed by atoms with van der Waals surface area (Å²) in [4.78, 5) is 4.68. The summed E-state index contributed by atoms with van der Waals surface area (Å²) in [7, 11) is -2.14. The van der Waals surface area contributed by atoms with E-state index in [-0.39, 0.29) is 6.54 Å². The molecule has 0 aliphatic rings. The van der Waals surface area contributed by atoms with Crippen LogP contribution in [0.1, 0.15) is 4.88 Å². The van der Waals surface area contributed by atoms with Gasteiger partial charge in [0.25, 0.3) is 10.2 Å². The molecule has 2 N–H and O–H groups in total. The van der Waals surface area contributed by atoms with E-state index in [1.54, 1.807) is 11.7 Å². The van der Waals surface area contributed by atoms with Crippen LogP contribution in [0, 0.1) is 0 Å². The van der Waals surface area contributed by atoms with Crippen molar-refractivity contribution >= 4 is 21.5 Å². The highest BCUT2D eigenvalue weighted by Crippen LogP contribution is 2.08.